The van der Waals surface area contributed by atoms with Gasteiger partial charge in [-0.2, -0.15) is 0 Å². The van der Waals surface area contributed by atoms with Crippen LogP contribution in [0.25, 0.3) is 0 Å². The molecule has 2 aromatic rings. The lowest BCUT2D eigenvalue weighted by Crippen LogP contribution is -2.22. The fourth-order valence-electron chi connectivity index (χ4n) is 1.53. The van der Waals surface area contributed by atoms with E-state index in [1.807, 2.05) is 36.4 Å². The third-order valence-electron chi connectivity index (χ3n) is 2.38. The number of hydrogen-bond acceptors (Lipinski definition) is 2. The molecule has 3 nitrogen and oxygen atoms in total. The van der Waals surface area contributed by atoms with Crippen LogP contribution in [0.3, 0.4) is 0 Å². The molecule has 0 aliphatic heterocycles. The number of hydrogen-bond donors (Lipinski definition) is 2. The van der Waals surface area contributed by atoms with E-state index in [9.17, 15) is 0 Å². The number of aliphatic imine (C=N–C) groups is 1. The first-order valence-electron chi connectivity index (χ1n) is 5.62. The SMILES string of the molecule is I.NC(N)=NCc1ccccc1Sc1ccccc1. The van der Waals surface area contributed by atoms with Gasteiger partial charge in [-0.1, -0.05) is 48.2 Å². The van der Waals surface area contributed by atoms with Gasteiger partial charge in [0, 0.05) is 9.79 Å². The highest BCUT2D eigenvalue weighted by Crippen LogP contribution is 2.30. The zero-order chi connectivity index (χ0) is 12.8. The molecule has 0 aliphatic rings. The summed E-state index contributed by atoms with van der Waals surface area (Å²) in [6.07, 6.45) is 0. The molecule has 4 N–H and O–H groups in total. The summed E-state index contributed by atoms with van der Waals surface area (Å²) in [5.74, 6) is 0.120. The maximum atomic E-state index is 5.36. The van der Waals surface area contributed by atoms with Gasteiger partial charge in [0.15, 0.2) is 5.96 Å². The van der Waals surface area contributed by atoms with Gasteiger partial charge in [-0.25, -0.2) is 4.99 Å². The van der Waals surface area contributed by atoms with Crippen molar-refractivity contribution in [1.29, 1.82) is 0 Å². The minimum atomic E-state index is 0. The Morgan fingerprint density at radius 1 is 0.947 bits per heavy atom. The zero-order valence-electron chi connectivity index (χ0n) is 10.3. The summed E-state index contributed by atoms with van der Waals surface area (Å²) in [6, 6.07) is 18.4. The molecular weight excluding hydrogens is 369 g/mol. The summed E-state index contributed by atoms with van der Waals surface area (Å²) in [5, 5.41) is 0. The minimum Gasteiger partial charge on any atom is -0.370 e. The molecule has 0 saturated heterocycles. The van der Waals surface area contributed by atoms with Crippen molar-refractivity contribution >= 4 is 41.7 Å². The van der Waals surface area contributed by atoms with E-state index in [0.717, 1.165) is 5.56 Å². The first-order valence-corrected chi connectivity index (χ1v) is 6.43. The highest BCUT2D eigenvalue weighted by atomic mass is 127. The highest BCUT2D eigenvalue weighted by molar-refractivity contribution is 14.0. The van der Waals surface area contributed by atoms with E-state index in [0.29, 0.717) is 6.54 Å². The van der Waals surface area contributed by atoms with E-state index in [1.165, 1.54) is 9.79 Å². The van der Waals surface area contributed by atoms with Crippen LogP contribution in [-0.2, 0) is 6.54 Å². The lowest BCUT2D eigenvalue weighted by Gasteiger charge is -2.07. The molecule has 0 fully saturated rings. The van der Waals surface area contributed by atoms with Crippen LogP contribution >= 0.6 is 35.7 Å². The van der Waals surface area contributed by atoms with Crippen LogP contribution in [0.2, 0.25) is 0 Å². The van der Waals surface area contributed by atoms with Crippen molar-refractivity contribution in [3.63, 3.8) is 0 Å². The van der Waals surface area contributed by atoms with Crippen LogP contribution in [0.5, 0.6) is 0 Å². The van der Waals surface area contributed by atoms with Crippen LogP contribution in [0, 0.1) is 0 Å². The monoisotopic (exact) mass is 385 g/mol. The molecule has 0 aromatic heterocycles. The molecule has 0 amide bonds. The molecule has 0 aliphatic carbocycles. The summed E-state index contributed by atoms with van der Waals surface area (Å²) >= 11 is 1.71. The molecule has 0 radical (unpaired) electrons. The summed E-state index contributed by atoms with van der Waals surface area (Å²) in [6.45, 7) is 0.512. The lowest BCUT2D eigenvalue weighted by atomic mass is 10.2. The molecule has 0 atom stereocenters. The molecule has 2 aromatic carbocycles. The largest absolute Gasteiger partial charge is 0.370 e. The Labute approximate surface area is 134 Å². The second-order valence-corrected chi connectivity index (χ2v) is 4.88. The second-order valence-electron chi connectivity index (χ2n) is 3.76. The zero-order valence-corrected chi connectivity index (χ0v) is 13.5. The number of nitrogens with two attached hydrogens (primary N) is 2. The molecule has 100 valence electrons. The quantitative estimate of drug-likeness (QED) is 0.483. The van der Waals surface area contributed by atoms with Crippen LogP contribution in [0.15, 0.2) is 69.4 Å². The molecule has 0 spiro atoms. The molecule has 19 heavy (non-hydrogen) atoms. The van der Waals surface area contributed by atoms with E-state index in [2.05, 4.69) is 23.2 Å². The fourth-order valence-corrected chi connectivity index (χ4v) is 2.48. The van der Waals surface area contributed by atoms with E-state index in [-0.39, 0.29) is 29.9 Å². The normalized spacial score (nSPS) is 9.47. The Hall–Kier alpha value is -1.21. The van der Waals surface area contributed by atoms with Gasteiger partial charge in [0.2, 0.25) is 0 Å². The van der Waals surface area contributed by atoms with Crippen molar-refractivity contribution in [1.82, 2.24) is 0 Å². The predicted molar refractivity (Wildman–Crippen MR) is 91.9 cm³/mol. The van der Waals surface area contributed by atoms with Gasteiger partial charge in [0.05, 0.1) is 6.54 Å². The van der Waals surface area contributed by atoms with Crippen molar-refractivity contribution in [2.24, 2.45) is 16.5 Å². The van der Waals surface area contributed by atoms with Crippen LogP contribution in [-0.4, -0.2) is 5.96 Å². The van der Waals surface area contributed by atoms with Gasteiger partial charge in [-0.05, 0) is 23.8 Å². The molecular formula is C14H16IN3S. The number of benzene rings is 2. The third kappa shape index (κ3) is 5.12. The van der Waals surface area contributed by atoms with Gasteiger partial charge in [0.25, 0.3) is 0 Å². The average Bonchev–Trinajstić information content (AvgIpc) is 2.39. The maximum absolute atomic E-state index is 5.36. The summed E-state index contributed by atoms with van der Waals surface area (Å²) in [5.41, 5.74) is 11.9. The standard InChI is InChI=1S/C14H15N3S.HI/c15-14(16)17-10-11-6-4-5-9-13(11)18-12-7-2-1-3-8-12;/h1-9H,10H2,(H4,15,16,17);1H. The molecule has 0 heterocycles. The lowest BCUT2D eigenvalue weighted by molar-refractivity contribution is 1.02. The van der Waals surface area contributed by atoms with Gasteiger partial charge < -0.3 is 11.5 Å². The Morgan fingerprint density at radius 2 is 1.58 bits per heavy atom. The second kappa shape index (κ2) is 8.06. The van der Waals surface area contributed by atoms with E-state index in [1.54, 1.807) is 11.8 Å². The third-order valence-corrected chi connectivity index (χ3v) is 3.50. The smallest absolute Gasteiger partial charge is 0.186 e. The van der Waals surface area contributed by atoms with E-state index >= 15 is 0 Å². The summed E-state index contributed by atoms with van der Waals surface area (Å²) in [7, 11) is 0. The molecule has 2 rings (SSSR count). The highest BCUT2D eigenvalue weighted by Gasteiger charge is 2.03. The first kappa shape index (κ1) is 15.8. The van der Waals surface area contributed by atoms with E-state index < -0.39 is 0 Å². The minimum absolute atomic E-state index is 0. The topological polar surface area (TPSA) is 64.4 Å². The number of nitrogens with zero attached hydrogens (tertiary/aromatic N) is 1. The molecule has 0 bridgehead atoms. The summed E-state index contributed by atoms with van der Waals surface area (Å²) < 4.78 is 0. The van der Waals surface area contributed by atoms with Crippen molar-refractivity contribution in [3.05, 3.63) is 60.2 Å². The van der Waals surface area contributed by atoms with Gasteiger partial charge in [-0.15, -0.1) is 24.0 Å². The maximum Gasteiger partial charge on any atom is 0.186 e. The Kier molecular flexibility index (Phi) is 6.72. The van der Waals surface area contributed by atoms with Gasteiger partial charge >= 0.3 is 0 Å². The predicted octanol–water partition coefficient (Wildman–Crippen LogP) is 3.23. The Balaban J connectivity index is 0.00000180. The van der Waals surface area contributed by atoms with Crippen molar-refractivity contribution in [3.8, 4) is 0 Å². The first-order chi connectivity index (χ1) is 8.75. The van der Waals surface area contributed by atoms with E-state index in [4.69, 9.17) is 11.5 Å². The number of halogens is 1. The van der Waals surface area contributed by atoms with Crippen LogP contribution in [0.4, 0.5) is 0 Å². The number of guanidine groups is 1. The van der Waals surface area contributed by atoms with Crippen molar-refractivity contribution < 1.29 is 0 Å². The fraction of sp³-hybridized carbons (Fsp3) is 0.0714. The molecule has 5 heteroatoms. The number of rotatable bonds is 4. The van der Waals surface area contributed by atoms with Gasteiger partial charge in [0.1, 0.15) is 0 Å². The Morgan fingerprint density at radius 3 is 2.26 bits per heavy atom. The van der Waals surface area contributed by atoms with Crippen molar-refractivity contribution in [2.45, 2.75) is 16.3 Å². The van der Waals surface area contributed by atoms with Crippen LogP contribution < -0.4 is 11.5 Å². The Bertz CT molecular complexity index is 539. The van der Waals surface area contributed by atoms with Crippen LogP contribution in [0.1, 0.15) is 5.56 Å². The average molecular weight is 385 g/mol. The molecule has 0 unspecified atom stereocenters. The molecule has 0 saturated carbocycles. The van der Waals surface area contributed by atoms with Gasteiger partial charge in [-0.3, -0.25) is 0 Å². The summed E-state index contributed by atoms with van der Waals surface area (Å²) in [4.78, 5) is 6.43. The van der Waals surface area contributed by atoms with Crippen molar-refractivity contribution in [2.75, 3.05) is 0 Å².